The maximum Gasteiger partial charge on any atom is 0.310 e. The molecule has 0 aliphatic heterocycles. The molecule has 0 aromatic heterocycles. The van der Waals surface area contributed by atoms with Gasteiger partial charge in [0.2, 0.25) is 11.8 Å². The van der Waals surface area contributed by atoms with Crippen LogP contribution < -0.4 is 10.6 Å². The molecule has 1 aliphatic rings. The highest BCUT2D eigenvalue weighted by molar-refractivity contribution is 9.10. The highest BCUT2D eigenvalue weighted by atomic mass is 79.9. The van der Waals surface area contributed by atoms with E-state index in [4.69, 9.17) is 5.11 Å². The lowest BCUT2D eigenvalue weighted by molar-refractivity contribution is -0.157. The Labute approximate surface area is 136 Å². The quantitative estimate of drug-likeness (QED) is 0.716. The summed E-state index contributed by atoms with van der Waals surface area (Å²) in [5, 5.41) is 14.3. The Morgan fingerprint density at radius 3 is 2.27 bits per heavy atom. The topological polar surface area (TPSA) is 95.5 Å². The predicted octanol–water partition coefficient (Wildman–Crippen LogP) is 2.15. The summed E-state index contributed by atoms with van der Waals surface area (Å²) < 4.78 is 0.901. The molecule has 0 heterocycles. The number of hydrogen-bond acceptors (Lipinski definition) is 3. The van der Waals surface area contributed by atoms with Crippen molar-refractivity contribution in [2.45, 2.75) is 25.7 Å². The fraction of sp³-hybridized carbons (Fsp3) is 0.400. The predicted molar refractivity (Wildman–Crippen MR) is 84.3 cm³/mol. The van der Waals surface area contributed by atoms with Crippen molar-refractivity contribution in [1.29, 1.82) is 0 Å². The summed E-state index contributed by atoms with van der Waals surface area (Å²) in [6.45, 7) is -0.176. The van der Waals surface area contributed by atoms with Gasteiger partial charge in [-0.05, 0) is 37.1 Å². The summed E-state index contributed by atoms with van der Waals surface area (Å²) in [7, 11) is 0. The third-order valence-corrected chi connectivity index (χ3v) is 4.37. The first-order valence-electron chi connectivity index (χ1n) is 6.97. The molecule has 7 heteroatoms. The number of anilines is 1. The van der Waals surface area contributed by atoms with Crippen molar-refractivity contribution in [1.82, 2.24) is 5.32 Å². The Morgan fingerprint density at radius 1 is 1.14 bits per heavy atom. The second kappa shape index (κ2) is 6.91. The Balaban J connectivity index is 1.77. The van der Waals surface area contributed by atoms with E-state index >= 15 is 0 Å². The van der Waals surface area contributed by atoms with Gasteiger partial charge in [-0.1, -0.05) is 22.4 Å². The third-order valence-electron chi connectivity index (χ3n) is 3.84. The van der Waals surface area contributed by atoms with Gasteiger partial charge >= 0.3 is 5.97 Å². The van der Waals surface area contributed by atoms with E-state index in [2.05, 4.69) is 26.6 Å². The van der Waals surface area contributed by atoms with Gasteiger partial charge in [0.05, 0.1) is 12.0 Å². The number of carbonyl (C=O) groups is 3. The van der Waals surface area contributed by atoms with Gasteiger partial charge in [-0.15, -0.1) is 0 Å². The SMILES string of the molecule is O=C(CC1(C(=O)O)CCC1)NCC(=O)Nc1ccc(Br)cc1. The molecule has 1 saturated carbocycles. The van der Waals surface area contributed by atoms with Gasteiger partial charge in [0, 0.05) is 16.6 Å². The molecule has 2 rings (SSSR count). The molecule has 118 valence electrons. The van der Waals surface area contributed by atoms with E-state index in [0.29, 0.717) is 18.5 Å². The molecule has 0 radical (unpaired) electrons. The van der Waals surface area contributed by atoms with Crippen LogP contribution in [0.25, 0.3) is 0 Å². The summed E-state index contributed by atoms with van der Waals surface area (Å²) in [4.78, 5) is 34.7. The van der Waals surface area contributed by atoms with Crippen LogP contribution in [0.2, 0.25) is 0 Å². The lowest BCUT2D eigenvalue weighted by Crippen LogP contribution is -2.43. The van der Waals surface area contributed by atoms with Crippen LogP contribution in [0.3, 0.4) is 0 Å². The summed E-state index contributed by atoms with van der Waals surface area (Å²) in [6, 6.07) is 7.05. The fourth-order valence-electron chi connectivity index (χ4n) is 2.36. The van der Waals surface area contributed by atoms with Crippen LogP contribution in [-0.2, 0) is 14.4 Å². The lowest BCUT2D eigenvalue weighted by Gasteiger charge is -2.36. The number of carbonyl (C=O) groups excluding carboxylic acids is 2. The number of benzene rings is 1. The minimum Gasteiger partial charge on any atom is -0.481 e. The largest absolute Gasteiger partial charge is 0.481 e. The molecule has 0 bridgehead atoms. The zero-order chi connectivity index (χ0) is 16.2. The highest BCUT2D eigenvalue weighted by Gasteiger charge is 2.45. The van der Waals surface area contributed by atoms with Gasteiger partial charge in [-0.25, -0.2) is 0 Å². The van der Waals surface area contributed by atoms with Gasteiger partial charge in [-0.2, -0.15) is 0 Å². The van der Waals surface area contributed by atoms with Crippen molar-refractivity contribution >= 4 is 39.4 Å². The molecule has 0 atom stereocenters. The van der Waals surface area contributed by atoms with Crippen molar-refractivity contribution in [3.8, 4) is 0 Å². The van der Waals surface area contributed by atoms with E-state index in [1.807, 2.05) is 0 Å². The lowest BCUT2D eigenvalue weighted by atomic mass is 9.66. The smallest absolute Gasteiger partial charge is 0.310 e. The number of aliphatic carboxylic acids is 1. The maximum atomic E-state index is 11.8. The molecule has 6 nitrogen and oxygen atoms in total. The summed E-state index contributed by atoms with van der Waals surface area (Å²) >= 11 is 3.30. The second-order valence-electron chi connectivity index (χ2n) is 5.45. The normalized spacial score (nSPS) is 15.5. The van der Waals surface area contributed by atoms with Gasteiger partial charge in [0.25, 0.3) is 0 Å². The van der Waals surface area contributed by atoms with Crippen molar-refractivity contribution in [3.63, 3.8) is 0 Å². The highest BCUT2D eigenvalue weighted by Crippen LogP contribution is 2.44. The van der Waals surface area contributed by atoms with E-state index in [1.165, 1.54) is 0 Å². The minimum absolute atomic E-state index is 0.0755. The third kappa shape index (κ3) is 4.07. The van der Waals surface area contributed by atoms with Crippen LogP contribution in [-0.4, -0.2) is 29.4 Å². The van der Waals surface area contributed by atoms with Crippen molar-refractivity contribution < 1.29 is 19.5 Å². The van der Waals surface area contributed by atoms with E-state index < -0.39 is 17.3 Å². The first kappa shape index (κ1) is 16.5. The molecular formula is C15H17BrN2O4. The molecule has 2 amide bonds. The number of carboxylic acids is 1. The summed E-state index contributed by atoms with van der Waals surface area (Å²) in [5.74, 6) is -1.70. The van der Waals surface area contributed by atoms with Gasteiger partial charge < -0.3 is 15.7 Å². The Bertz CT molecular complexity index is 582. The number of hydrogen-bond donors (Lipinski definition) is 3. The number of halogens is 1. The Morgan fingerprint density at radius 2 is 1.77 bits per heavy atom. The molecule has 0 saturated heterocycles. The Hall–Kier alpha value is -1.89. The molecule has 1 aromatic rings. The standard InChI is InChI=1S/C15H17BrN2O4/c16-10-2-4-11(5-3-10)18-13(20)9-17-12(19)8-15(14(21)22)6-1-7-15/h2-5H,1,6-9H2,(H,17,19)(H,18,20)(H,21,22). The van der Waals surface area contributed by atoms with Crippen molar-refractivity contribution in [2.75, 3.05) is 11.9 Å². The minimum atomic E-state index is -0.938. The zero-order valence-corrected chi connectivity index (χ0v) is 13.5. The molecule has 0 spiro atoms. The van der Waals surface area contributed by atoms with Crippen LogP contribution in [0.4, 0.5) is 5.69 Å². The Kier molecular flexibility index (Phi) is 5.18. The van der Waals surface area contributed by atoms with Crippen LogP contribution in [0, 0.1) is 5.41 Å². The monoisotopic (exact) mass is 368 g/mol. The first-order valence-corrected chi connectivity index (χ1v) is 7.76. The maximum absolute atomic E-state index is 11.8. The van der Waals surface area contributed by atoms with E-state index in [0.717, 1.165) is 10.9 Å². The molecule has 1 aromatic carbocycles. The van der Waals surface area contributed by atoms with E-state index in [-0.39, 0.29) is 18.9 Å². The summed E-state index contributed by atoms with van der Waals surface area (Å²) in [6.07, 6.45) is 1.78. The first-order chi connectivity index (χ1) is 10.4. The number of rotatable bonds is 6. The van der Waals surface area contributed by atoms with Crippen molar-refractivity contribution in [2.24, 2.45) is 5.41 Å². The van der Waals surface area contributed by atoms with Crippen LogP contribution >= 0.6 is 15.9 Å². The molecule has 1 fully saturated rings. The number of carboxylic acid groups (broad SMARTS) is 1. The van der Waals surface area contributed by atoms with Gasteiger partial charge in [-0.3, -0.25) is 14.4 Å². The molecule has 22 heavy (non-hydrogen) atoms. The number of nitrogens with one attached hydrogen (secondary N) is 2. The second-order valence-corrected chi connectivity index (χ2v) is 6.36. The summed E-state index contributed by atoms with van der Waals surface area (Å²) in [5.41, 5.74) is -0.310. The van der Waals surface area contributed by atoms with Crippen LogP contribution in [0.5, 0.6) is 0 Å². The molecule has 0 unspecified atom stereocenters. The van der Waals surface area contributed by atoms with E-state index in [1.54, 1.807) is 24.3 Å². The number of amides is 2. The average Bonchev–Trinajstić information content (AvgIpc) is 2.43. The zero-order valence-electron chi connectivity index (χ0n) is 11.9. The fourth-order valence-corrected chi connectivity index (χ4v) is 2.62. The van der Waals surface area contributed by atoms with E-state index in [9.17, 15) is 14.4 Å². The van der Waals surface area contributed by atoms with Crippen molar-refractivity contribution in [3.05, 3.63) is 28.7 Å². The van der Waals surface area contributed by atoms with Gasteiger partial charge in [0.1, 0.15) is 0 Å². The average molecular weight is 369 g/mol. The van der Waals surface area contributed by atoms with Gasteiger partial charge in [0.15, 0.2) is 0 Å². The van der Waals surface area contributed by atoms with Crippen LogP contribution in [0.15, 0.2) is 28.7 Å². The molecular weight excluding hydrogens is 352 g/mol. The molecule has 3 N–H and O–H groups in total. The molecule has 1 aliphatic carbocycles. The van der Waals surface area contributed by atoms with Crippen LogP contribution in [0.1, 0.15) is 25.7 Å².